The molecule has 0 amide bonds. The van der Waals surface area contributed by atoms with Gasteiger partial charge in [0.1, 0.15) is 6.10 Å². The molecule has 0 saturated carbocycles. The first kappa shape index (κ1) is 16.6. The molecule has 4 nitrogen and oxygen atoms in total. The molecule has 23 heavy (non-hydrogen) atoms. The molecular formula is C19H30N2O2. The smallest absolute Gasteiger partial charge is 0.161 e. The predicted molar refractivity (Wildman–Crippen MR) is 93.4 cm³/mol. The van der Waals surface area contributed by atoms with Gasteiger partial charge in [0.15, 0.2) is 11.5 Å². The lowest BCUT2D eigenvalue weighted by Crippen LogP contribution is -2.38. The molecule has 1 aromatic rings. The highest BCUT2D eigenvalue weighted by Gasteiger charge is 2.21. The number of benzene rings is 1. The molecule has 2 heterocycles. The standard InChI is InChI=1S/C19H30N2O2/c1-21-10-4-6-17(14-21)23-19-12-15(7-8-18(19)22-2)11-16-5-3-9-20-13-16/h7-8,12,16-17,20H,3-6,9-11,13-14H2,1-2H3. The van der Waals surface area contributed by atoms with Crippen molar-refractivity contribution in [1.29, 1.82) is 0 Å². The van der Waals surface area contributed by atoms with Gasteiger partial charge in [-0.25, -0.2) is 0 Å². The van der Waals surface area contributed by atoms with Gasteiger partial charge in [-0.05, 0) is 82.4 Å². The van der Waals surface area contributed by atoms with Crippen LogP contribution in [-0.4, -0.2) is 51.3 Å². The van der Waals surface area contributed by atoms with Crippen molar-refractivity contribution in [3.05, 3.63) is 23.8 Å². The summed E-state index contributed by atoms with van der Waals surface area (Å²) in [6, 6.07) is 6.45. The van der Waals surface area contributed by atoms with Crippen LogP contribution in [0.2, 0.25) is 0 Å². The second kappa shape index (κ2) is 8.02. The molecule has 2 atom stereocenters. The van der Waals surface area contributed by atoms with Crippen molar-refractivity contribution in [2.75, 3.05) is 40.3 Å². The fraction of sp³-hybridized carbons (Fsp3) is 0.684. The quantitative estimate of drug-likeness (QED) is 0.905. The van der Waals surface area contributed by atoms with Crippen LogP contribution in [0.15, 0.2) is 18.2 Å². The van der Waals surface area contributed by atoms with E-state index >= 15 is 0 Å². The highest BCUT2D eigenvalue weighted by molar-refractivity contribution is 5.43. The third-order valence-corrected chi connectivity index (χ3v) is 5.03. The van der Waals surface area contributed by atoms with Crippen LogP contribution in [0.5, 0.6) is 11.5 Å². The average molecular weight is 318 g/mol. The molecular weight excluding hydrogens is 288 g/mol. The van der Waals surface area contributed by atoms with E-state index in [0.29, 0.717) is 0 Å². The second-order valence-electron chi connectivity index (χ2n) is 7.05. The van der Waals surface area contributed by atoms with Crippen molar-refractivity contribution in [2.45, 2.75) is 38.2 Å². The van der Waals surface area contributed by atoms with Gasteiger partial charge in [-0.3, -0.25) is 0 Å². The van der Waals surface area contributed by atoms with Gasteiger partial charge in [-0.1, -0.05) is 6.07 Å². The minimum absolute atomic E-state index is 0.272. The number of nitrogens with zero attached hydrogens (tertiary/aromatic N) is 1. The first-order valence-electron chi connectivity index (χ1n) is 8.97. The normalized spacial score (nSPS) is 26.0. The Kier molecular flexibility index (Phi) is 5.79. The maximum absolute atomic E-state index is 6.30. The van der Waals surface area contributed by atoms with Gasteiger partial charge in [0.25, 0.3) is 0 Å². The zero-order valence-corrected chi connectivity index (χ0v) is 14.5. The van der Waals surface area contributed by atoms with Crippen LogP contribution in [0, 0.1) is 5.92 Å². The Labute approximate surface area is 140 Å². The Bertz CT molecular complexity index is 500. The predicted octanol–water partition coefficient (Wildman–Crippen LogP) is 2.71. The van der Waals surface area contributed by atoms with Gasteiger partial charge in [0.05, 0.1) is 7.11 Å². The lowest BCUT2D eigenvalue weighted by molar-refractivity contribution is 0.101. The Balaban J connectivity index is 1.68. The van der Waals surface area contributed by atoms with E-state index < -0.39 is 0 Å². The summed E-state index contributed by atoms with van der Waals surface area (Å²) in [6.45, 7) is 4.48. The third-order valence-electron chi connectivity index (χ3n) is 5.03. The number of nitrogens with one attached hydrogen (secondary N) is 1. The lowest BCUT2D eigenvalue weighted by Gasteiger charge is -2.30. The Morgan fingerprint density at radius 3 is 2.87 bits per heavy atom. The summed E-state index contributed by atoms with van der Waals surface area (Å²) >= 11 is 0. The molecule has 3 rings (SSSR count). The zero-order chi connectivity index (χ0) is 16.1. The number of hydrogen-bond acceptors (Lipinski definition) is 4. The fourth-order valence-corrected chi connectivity index (χ4v) is 3.77. The molecule has 0 bridgehead atoms. The number of hydrogen-bond donors (Lipinski definition) is 1. The van der Waals surface area contributed by atoms with E-state index in [2.05, 4.69) is 35.5 Å². The van der Waals surface area contributed by atoms with E-state index in [0.717, 1.165) is 43.3 Å². The molecule has 4 heteroatoms. The average Bonchev–Trinajstić information content (AvgIpc) is 2.56. The Hall–Kier alpha value is -1.26. The molecule has 0 radical (unpaired) electrons. The summed E-state index contributed by atoms with van der Waals surface area (Å²) in [7, 11) is 3.89. The van der Waals surface area contributed by atoms with Crippen LogP contribution in [0.1, 0.15) is 31.2 Å². The number of rotatable bonds is 5. The fourth-order valence-electron chi connectivity index (χ4n) is 3.77. The van der Waals surface area contributed by atoms with Gasteiger partial charge in [0.2, 0.25) is 0 Å². The highest BCUT2D eigenvalue weighted by atomic mass is 16.5. The Morgan fingerprint density at radius 1 is 1.22 bits per heavy atom. The number of ether oxygens (including phenoxy) is 2. The van der Waals surface area contributed by atoms with Crippen LogP contribution >= 0.6 is 0 Å². The van der Waals surface area contributed by atoms with Gasteiger partial charge < -0.3 is 19.7 Å². The highest BCUT2D eigenvalue weighted by Crippen LogP contribution is 2.31. The maximum atomic E-state index is 6.30. The van der Waals surface area contributed by atoms with Crippen molar-refractivity contribution < 1.29 is 9.47 Å². The van der Waals surface area contributed by atoms with E-state index in [9.17, 15) is 0 Å². The number of likely N-dealkylation sites (tertiary alicyclic amines) is 1. The molecule has 1 aromatic carbocycles. The third kappa shape index (κ3) is 4.61. The largest absolute Gasteiger partial charge is 0.493 e. The summed E-state index contributed by atoms with van der Waals surface area (Å²) in [5.41, 5.74) is 1.36. The van der Waals surface area contributed by atoms with E-state index in [1.807, 2.05) is 0 Å². The SMILES string of the molecule is COc1ccc(CC2CCCNC2)cc1OC1CCCN(C)C1. The monoisotopic (exact) mass is 318 g/mol. The molecule has 1 N–H and O–H groups in total. The van der Waals surface area contributed by atoms with Crippen LogP contribution in [-0.2, 0) is 6.42 Å². The van der Waals surface area contributed by atoms with Crippen LogP contribution in [0.25, 0.3) is 0 Å². The molecule has 0 aliphatic carbocycles. The van der Waals surface area contributed by atoms with Crippen molar-refractivity contribution in [2.24, 2.45) is 5.92 Å². The summed E-state index contributed by atoms with van der Waals surface area (Å²) < 4.78 is 11.8. The van der Waals surface area contributed by atoms with E-state index in [1.165, 1.54) is 37.9 Å². The summed E-state index contributed by atoms with van der Waals surface area (Å²) in [6.07, 6.45) is 6.34. The summed E-state index contributed by atoms with van der Waals surface area (Å²) in [5.74, 6) is 2.50. The minimum atomic E-state index is 0.272. The van der Waals surface area contributed by atoms with E-state index in [-0.39, 0.29) is 6.10 Å². The molecule has 128 valence electrons. The van der Waals surface area contributed by atoms with Gasteiger partial charge in [-0.2, -0.15) is 0 Å². The molecule has 2 aliphatic heterocycles. The number of likely N-dealkylation sites (N-methyl/N-ethyl adjacent to an activating group) is 1. The van der Waals surface area contributed by atoms with Gasteiger partial charge >= 0.3 is 0 Å². The van der Waals surface area contributed by atoms with Crippen LogP contribution < -0.4 is 14.8 Å². The summed E-state index contributed by atoms with van der Waals surface area (Å²) in [4.78, 5) is 2.35. The minimum Gasteiger partial charge on any atom is -0.493 e. The second-order valence-corrected chi connectivity index (χ2v) is 7.05. The zero-order valence-electron chi connectivity index (χ0n) is 14.5. The molecule has 2 fully saturated rings. The topological polar surface area (TPSA) is 33.7 Å². The van der Waals surface area contributed by atoms with Crippen LogP contribution in [0.4, 0.5) is 0 Å². The Morgan fingerprint density at radius 2 is 2.13 bits per heavy atom. The molecule has 0 aromatic heterocycles. The lowest BCUT2D eigenvalue weighted by atomic mass is 9.92. The molecule has 2 aliphatic rings. The molecule has 0 spiro atoms. The number of methoxy groups -OCH3 is 1. The maximum Gasteiger partial charge on any atom is 0.161 e. The van der Waals surface area contributed by atoms with E-state index in [1.54, 1.807) is 7.11 Å². The first-order valence-corrected chi connectivity index (χ1v) is 8.97. The van der Waals surface area contributed by atoms with E-state index in [4.69, 9.17) is 9.47 Å². The molecule has 2 unspecified atom stereocenters. The first-order chi connectivity index (χ1) is 11.2. The molecule has 2 saturated heterocycles. The van der Waals surface area contributed by atoms with Crippen molar-refractivity contribution in [3.8, 4) is 11.5 Å². The van der Waals surface area contributed by atoms with Crippen molar-refractivity contribution in [3.63, 3.8) is 0 Å². The summed E-state index contributed by atoms with van der Waals surface area (Å²) in [5, 5.41) is 3.50. The van der Waals surface area contributed by atoms with Gasteiger partial charge in [-0.15, -0.1) is 0 Å². The van der Waals surface area contributed by atoms with Gasteiger partial charge in [0, 0.05) is 6.54 Å². The van der Waals surface area contributed by atoms with Crippen molar-refractivity contribution in [1.82, 2.24) is 10.2 Å². The van der Waals surface area contributed by atoms with Crippen LogP contribution in [0.3, 0.4) is 0 Å². The van der Waals surface area contributed by atoms with Crippen molar-refractivity contribution >= 4 is 0 Å². The number of piperidine rings is 2.